The van der Waals surface area contributed by atoms with Gasteiger partial charge in [-0.05, 0) is 48.0 Å². The van der Waals surface area contributed by atoms with Crippen molar-refractivity contribution in [1.29, 1.82) is 0 Å². The van der Waals surface area contributed by atoms with Gasteiger partial charge in [0.05, 0.1) is 10.6 Å². The smallest absolute Gasteiger partial charge is 0.269 e. The number of benzene rings is 4. The lowest BCUT2D eigenvalue weighted by Crippen LogP contribution is -2.19. The number of thioether (sulfide) groups is 1. The molecule has 0 radical (unpaired) electrons. The number of halogens is 1. The number of anilines is 2. The van der Waals surface area contributed by atoms with Crippen LogP contribution >= 0.6 is 39.0 Å². The van der Waals surface area contributed by atoms with E-state index < -0.39 is 16.1 Å². The number of carbonyl (C=O) groups excluding carboxylic acids is 2. The molecule has 8 nitrogen and oxygen atoms in total. The number of carbonyl (C=O) groups is 2. The van der Waals surface area contributed by atoms with E-state index in [0.29, 0.717) is 16.4 Å². The van der Waals surface area contributed by atoms with Gasteiger partial charge in [0, 0.05) is 43.7 Å². The first-order valence-electron chi connectivity index (χ1n) is 12.3. The summed E-state index contributed by atoms with van der Waals surface area (Å²) >= 11 is 6.14. The Bertz CT molecular complexity index is 1690. The van der Waals surface area contributed by atoms with Crippen molar-refractivity contribution >= 4 is 67.3 Å². The largest absolute Gasteiger partial charge is 0.322 e. The molecule has 0 aliphatic heterocycles. The third kappa shape index (κ3) is 7.26. The zero-order valence-electron chi connectivity index (χ0n) is 21.2. The molecule has 5 rings (SSSR count). The maximum atomic E-state index is 13.5. The van der Waals surface area contributed by atoms with Crippen LogP contribution < -0.4 is 10.6 Å². The van der Waals surface area contributed by atoms with Gasteiger partial charge in [-0.25, -0.2) is 4.98 Å². The molecule has 1 unspecified atom stereocenters. The van der Waals surface area contributed by atoms with Crippen LogP contribution in [0.25, 0.3) is 11.3 Å². The van der Waals surface area contributed by atoms with Crippen molar-refractivity contribution in [1.82, 2.24) is 4.98 Å². The zero-order valence-corrected chi connectivity index (χ0v) is 24.4. The topological polar surface area (TPSA) is 114 Å². The van der Waals surface area contributed by atoms with E-state index in [0.717, 1.165) is 26.2 Å². The Balaban J connectivity index is 1.32. The van der Waals surface area contributed by atoms with Crippen molar-refractivity contribution in [2.75, 3.05) is 10.6 Å². The number of non-ortho nitro benzene ring substituents is 1. The molecule has 0 saturated carbocycles. The molecule has 0 saturated heterocycles. The first-order valence-corrected chi connectivity index (χ1v) is 14.8. The van der Waals surface area contributed by atoms with Crippen LogP contribution in [-0.4, -0.2) is 21.7 Å². The van der Waals surface area contributed by atoms with Crippen molar-refractivity contribution in [3.63, 3.8) is 0 Å². The van der Waals surface area contributed by atoms with Crippen LogP contribution in [0.4, 0.5) is 16.5 Å². The van der Waals surface area contributed by atoms with Gasteiger partial charge >= 0.3 is 0 Å². The molecule has 2 amide bonds. The number of nitrogens with zero attached hydrogens (tertiary/aromatic N) is 2. The molecule has 1 heterocycles. The number of thiazole rings is 1. The standard InChI is InChI=1S/C30H21BrN4O4S2/c31-22-13-9-19(10-14-22)26-18-40-30(33-26)34-29(37)27(20-5-2-1-3-6-20)41-25-8-4-7-23(17-25)32-28(36)21-11-15-24(16-12-21)35(38)39/h1-18,27H,(H,32,36)(H,33,34,37). The summed E-state index contributed by atoms with van der Waals surface area (Å²) in [6.07, 6.45) is 0. The summed E-state index contributed by atoms with van der Waals surface area (Å²) in [7, 11) is 0. The predicted molar refractivity (Wildman–Crippen MR) is 166 cm³/mol. The van der Waals surface area contributed by atoms with Crippen molar-refractivity contribution in [3.8, 4) is 11.3 Å². The number of aromatic nitrogens is 1. The molecule has 0 fully saturated rings. The summed E-state index contributed by atoms with van der Waals surface area (Å²) in [5, 5.41) is 18.5. The average molecular weight is 646 g/mol. The minimum atomic E-state index is -0.586. The molecule has 0 spiro atoms. The maximum absolute atomic E-state index is 13.5. The van der Waals surface area contributed by atoms with E-state index in [1.54, 1.807) is 18.2 Å². The van der Waals surface area contributed by atoms with Crippen molar-refractivity contribution < 1.29 is 14.5 Å². The quantitative estimate of drug-likeness (QED) is 0.0949. The molecular formula is C30H21BrN4O4S2. The summed E-state index contributed by atoms with van der Waals surface area (Å²) in [6, 6.07) is 29.8. The van der Waals surface area contributed by atoms with Crippen LogP contribution in [0.15, 0.2) is 118 Å². The highest BCUT2D eigenvalue weighted by molar-refractivity contribution is 9.10. The van der Waals surface area contributed by atoms with Crippen molar-refractivity contribution in [2.24, 2.45) is 0 Å². The Morgan fingerprint density at radius 3 is 2.34 bits per heavy atom. The molecule has 11 heteroatoms. The van der Waals surface area contributed by atoms with Crippen molar-refractivity contribution in [2.45, 2.75) is 10.1 Å². The SMILES string of the molecule is O=C(Nc1cccc(SC(C(=O)Nc2nc(-c3ccc(Br)cc3)cs2)c2ccccc2)c1)c1ccc([N+](=O)[O-])cc1. The Morgan fingerprint density at radius 1 is 0.902 bits per heavy atom. The second kappa shape index (κ2) is 12.9. The van der Waals surface area contributed by atoms with Crippen LogP contribution in [0.5, 0.6) is 0 Å². The molecule has 5 aromatic rings. The number of hydrogen-bond acceptors (Lipinski definition) is 7. The van der Waals surface area contributed by atoms with E-state index in [-0.39, 0.29) is 11.6 Å². The van der Waals surface area contributed by atoms with Gasteiger partial charge in [0.2, 0.25) is 5.91 Å². The Kier molecular flexibility index (Phi) is 8.88. The Labute approximate surface area is 252 Å². The summed E-state index contributed by atoms with van der Waals surface area (Å²) < 4.78 is 0.975. The fraction of sp³-hybridized carbons (Fsp3) is 0.0333. The lowest BCUT2D eigenvalue weighted by atomic mass is 10.1. The first-order chi connectivity index (χ1) is 19.9. The lowest BCUT2D eigenvalue weighted by Gasteiger charge is -2.17. The first kappa shape index (κ1) is 28.2. The third-order valence-corrected chi connectivity index (χ3v) is 8.44. The van der Waals surface area contributed by atoms with Crippen LogP contribution in [-0.2, 0) is 4.79 Å². The van der Waals surface area contributed by atoms with E-state index in [1.165, 1.54) is 47.4 Å². The number of nitro benzene ring substituents is 1. The van der Waals surface area contributed by atoms with Gasteiger partial charge < -0.3 is 10.6 Å². The van der Waals surface area contributed by atoms with E-state index in [2.05, 4.69) is 31.5 Å². The molecule has 0 aliphatic rings. The van der Waals surface area contributed by atoms with Crippen LogP contribution in [0, 0.1) is 10.1 Å². The fourth-order valence-electron chi connectivity index (χ4n) is 3.88. The normalized spacial score (nSPS) is 11.4. The number of nitrogens with one attached hydrogen (secondary N) is 2. The van der Waals surface area contributed by atoms with E-state index in [9.17, 15) is 19.7 Å². The molecule has 1 atom stereocenters. The molecule has 0 bridgehead atoms. The average Bonchev–Trinajstić information content (AvgIpc) is 3.45. The van der Waals surface area contributed by atoms with Crippen LogP contribution in [0.1, 0.15) is 21.2 Å². The van der Waals surface area contributed by atoms with Gasteiger partial charge in [-0.3, -0.25) is 19.7 Å². The second-order valence-corrected chi connectivity index (χ2v) is 11.7. The number of nitro groups is 1. The molecule has 1 aromatic heterocycles. The highest BCUT2D eigenvalue weighted by atomic mass is 79.9. The van der Waals surface area contributed by atoms with Gasteiger partial charge in [-0.1, -0.05) is 64.5 Å². The molecular weight excluding hydrogens is 624 g/mol. The van der Waals surface area contributed by atoms with Gasteiger partial charge in [-0.15, -0.1) is 23.1 Å². The molecule has 204 valence electrons. The van der Waals surface area contributed by atoms with Gasteiger partial charge in [0.25, 0.3) is 11.6 Å². The molecule has 41 heavy (non-hydrogen) atoms. The van der Waals surface area contributed by atoms with E-state index in [1.807, 2.05) is 66.0 Å². The molecule has 0 aliphatic carbocycles. The van der Waals surface area contributed by atoms with E-state index >= 15 is 0 Å². The minimum Gasteiger partial charge on any atom is -0.322 e. The fourth-order valence-corrected chi connectivity index (χ4v) is 5.95. The third-order valence-electron chi connectivity index (χ3n) is 5.90. The highest BCUT2D eigenvalue weighted by Gasteiger charge is 2.23. The van der Waals surface area contributed by atoms with Crippen LogP contribution in [0.2, 0.25) is 0 Å². The van der Waals surface area contributed by atoms with Gasteiger partial charge in [-0.2, -0.15) is 0 Å². The summed E-state index contributed by atoms with van der Waals surface area (Å²) in [6.45, 7) is 0. The monoisotopic (exact) mass is 644 g/mol. The Hall–Kier alpha value is -4.32. The second-order valence-electron chi connectivity index (χ2n) is 8.73. The minimum absolute atomic E-state index is 0.0903. The lowest BCUT2D eigenvalue weighted by molar-refractivity contribution is -0.384. The number of amides is 2. The molecule has 2 N–H and O–H groups in total. The zero-order chi connectivity index (χ0) is 28.8. The predicted octanol–water partition coefficient (Wildman–Crippen LogP) is 8.21. The number of hydrogen-bond donors (Lipinski definition) is 2. The highest BCUT2D eigenvalue weighted by Crippen LogP contribution is 2.38. The Morgan fingerprint density at radius 2 is 1.63 bits per heavy atom. The maximum Gasteiger partial charge on any atom is 0.269 e. The molecule has 4 aromatic carbocycles. The summed E-state index contributed by atoms with van der Waals surface area (Å²) in [5.74, 6) is -0.622. The van der Waals surface area contributed by atoms with Crippen molar-refractivity contribution in [3.05, 3.63) is 134 Å². The van der Waals surface area contributed by atoms with Gasteiger partial charge in [0.15, 0.2) is 5.13 Å². The summed E-state index contributed by atoms with van der Waals surface area (Å²) in [4.78, 5) is 42.0. The van der Waals surface area contributed by atoms with Gasteiger partial charge in [0.1, 0.15) is 5.25 Å². The summed E-state index contributed by atoms with van der Waals surface area (Å²) in [5.41, 5.74) is 3.28. The van der Waals surface area contributed by atoms with E-state index in [4.69, 9.17) is 0 Å². The number of rotatable bonds is 9. The van der Waals surface area contributed by atoms with Crippen LogP contribution in [0.3, 0.4) is 0 Å².